The summed E-state index contributed by atoms with van der Waals surface area (Å²) in [5.41, 5.74) is 17.5. The summed E-state index contributed by atoms with van der Waals surface area (Å²) < 4.78 is 5.17. The zero-order valence-corrected chi connectivity index (χ0v) is 34.7. The third kappa shape index (κ3) is 4.29. The maximum atomic E-state index is 2.60. The normalized spacial score (nSPS) is 12.4. The average Bonchev–Trinajstić information content (AvgIpc) is 4.10. The molecule has 2 heteroatoms. The van der Waals surface area contributed by atoms with Crippen LogP contribution in [0, 0.1) is 0 Å². The summed E-state index contributed by atoms with van der Waals surface area (Å²) in [6, 6.07) is 81.4. The molecule has 0 saturated carbocycles. The van der Waals surface area contributed by atoms with Crippen LogP contribution in [0.15, 0.2) is 218 Å². The number of nitrogens with zero attached hydrogens (tertiary/aromatic N) is 2. The van der Waals surface area contributed by atoms with Gasteiger partial charge in [0.25, 0.3) is 0 Å². The third-order valence-corrected chi connectivity index (χ3v) is 14.4. The summed E-state index contributed by atoms with van der Waals surface area (Å²) in [4.78, 5) is 0. The average molecular weight is 809 g/mol. The molecule has 4 heterocycles. The Morgan fingerprint density at radius 2 is 0.609 bits per heavy atom. The van der Waals surface area contributed by atoms with Crippen molar-refractivity contribution in [3.8, 4) is 44.5 Å². The van der Waals surface area contributed by atoms with E-state index in [1.54, 1.807) is 0 Å². The van der Waals surface area contributed by atoms with Crippen LogP contribution in [0.3, 0.4) is 0 Å². The van der Waals surface area contributed by atoms with Crippen LogP contribution in [-0.4, -0.2) is 8.80 Å². The van der Waals surface area contributed by atoms with E-state index in [0.717, 1.165) is 0 Å². The van der Waals surface area contributed by atoms with Crippen molar-refractivity contribution in [3.05, 3.63) is 218 Å². The molecule has 0 bridgehead atoms. The third-order valence-electron chi connectivity index (χ3n) is 14.4. The number of para-hydroxylation sites is 4. The molecule has 64 heavy (non-hydrogen) atoms. The number of hydrogen-bond acceptors (Lipinski definition) is 0. The van der Waals surface area contributed by atoms with E-state index in [-0.39, 0.29) is 0 Å². The predicted octanol–water partition coefficient (Wildman–Crippen LogP) is 17.0. The van der Waals surface area contributed by atoms with Gasteiger partial charge in [0.1, 0.15) is 0 Å². The fourth-order valence-corrected chi connectivity index (χ4v) is 11.9. The minimum atomic E-state index is 1.20. The van der Waals surface area contributed by atoms with Gasteiger partial charge in [-0.1, -0.05) is 200 Å². The van der Waals surface area contributed by atoms with Crippen molar-refractivity contribution in [2.24, 2.45) is 0 Å². The zero-order chi connectivity index (χ0) is 41.6. The Labute approximate surface area is 367 Å². The van der Waals surface area contributed by atoms with E-state index in [9.17, 15) is 0 Å². The van der Waals surface area contributed by atoms with Crippen molar-refractivity contribution in [3.63, 3.8) is 0 Å². The molecule has 15 aromatic rings. The van der Waals surface area contributed by atoms with Gasteiger partial charge in [-0.25, -0.2) is 0 Å². The first-order valence-electron chi connectivity index (χ1n) is 22.3. The molecule has 11 aromatic carbocycles. The molecule has 0 N–H and O–H groups in total. The van der Waals surface area contributed by atoms with Crippen LogP contribution in [0.4, 0.5) is 0 Å². The Hall–Kier alpha value is -8.46. The molecule has 0 fully saturated rings. The molecule has 0 aliphatic rings. The summed E-state index contributed by atoms with van der Waals surface area (Å²) >= 11 is 0. The lowest BCUT2D eigenvalue weighted by molar-refractivity contribution is 1.36. The first-order valence-corrected chi connectivity index (χ1v) is 22.3. The van der Waals surface area contributed by atoms with Crippen molar-refractivity contribution in [1.29, 1.82) is 0 Å². The Morgan fingerprint density at radius 1 is 0.219 bits per heavy atom. The number of fused-ring (bicyclic) bond motifs is 14. The minimum absolute atomic E-state index is 1.20. The smallest absolute Gasteiger partial charge is 0.0628 e. The van der Waals surface area contributed by atoms with Crippen LogP contribution in [0.25, 0.3) is 142 Å². The van der Waals surface area contributed by atoms with E-state index in [2.05, 4.69) is 227 Å². The second kappa shape index (κ2) is 12.6. The standard InChI is InChI=1S/C62H36N2/c1-3-18-37(19-4-1)39-28-15-29-40(38-20-5-2-6-21-38)55(39)56-43-24-7-9-26-45(43)57(46-27-10-8-25-44(46)56)59-58-50-33-17-31-48-41-22-11-13-34-52(41)63(61(48)50)54(58)36-51-49-32-16-30-47-42-23-12-14-35-53(42)64(60(47)49)62(51)59/h1-36H. The highest BCUT2D eigenvalue weighted by molar-refractivity contribution is 6.37. The van der Waals surface area contributed by atoms with Crippen LogP contribution in [-0.2, 0) is 0 Å². The van der Waals surface area contributed by atoms with Crippen LogP contribution in [0.5, 0.6) is 0 Å². The molecule has 0 radical (unpaired) electrons. The largest absolute Gasteiger partial charge is 0.308 e. The monoisotopic (exact) mass is 808 g/mol. The molecule has 0 unspecified atom stereocenters. The highest BCUT2D eigenvalue weighted by Gasteiger charge is 2.29. The molecule has 0 spiro atoms. The first-order chi connectivity index (χ1) is 31.8. The molecule has 4 aromatic heterocycles. The summed E-state index contributed by atoms with van der Waals surface area (Å²) in [5, 5.41) is 15.3. The van der Waals surface area contributed by atoms with Gasteiger partial charge in [-0.15, -0.1) is 0 Å². The molecule has 15 rings (SSSR count). The van der Waals surface area contributed by atoms with Gasteiger partial charge in [0, 0.05) is 54.2 Å². The van der Waals surface area contributed by atoms with Gasteiger partial charge in [-0.2, -0.15) is 0 Å². The fourth-order valence-electron chi connectivity index (χ4n) is 11.9. The first kappa shape index (κ1) is 34.2. The lowest BCUT2D eigenvalue weighted by Crippen LogP contribution is -1.96. The maximum Gasteiger partial charge on any atom is 0.0628 e. The quantitative estimate of drug-likeness (QED) is 0.157. The molecular formula is C62H36N2. The van der Waals surface area contributed by atoms with E-state index >= 15 is 0 Å². The Bertz CT molecular complexity index is 4280. The summed E-state index contributed by atoms with van der Waals surface area (Å²) in [6.07, 6.45) is 0. The minimum Gasteiger partial charge on any atom is -0.308 e. The molecular weight excluding hydrogens is 773 g/mol. The lowest BCUT2D eigenvalue weighted by atomic mass is 9.80. The summed E-state index contributed by atoms with van der Waals surface area (Å²) in [7, 11) is 0. The van der Waals surface area contributed by atoms with Crippen LogP contribution < -0.4 is 0 Å². The van der Waals surface area contributed by atoms with E-state index in [4.69, 9.17) is 0 Å². The predicted molar refractivity (Wildman–Crippen MR) is 273 cm³/mol. The number of benzene rings is 11. The summed E-state index contributed by atoms with van der Waals surface area (Å²) in [6.45, 7) is 0. The van der Waals surface area contributed by atoms with Gasteiger partial charge in [-0.05, 0) is 73.1 Å². The second-order valence-electron chi connectivity index (χ2n) is 17.5. The topological polar surface area (TPSA) is 8.82 Å². The van der Waals surface area contributed by atoms with E-state index in [0.29, 0.717) is 0 Å². The highest BCUT2D eigenvalue weighted by atomic mass is 14.9. The molecule has 0 aliphatic heterocycles. The summed E-state index contributed by atoms with van der Waals surface area (Å²) in [5.74, 6) is 0. The molecule has 294 valence electrons. The Morgan fingerprint density at radius 3 is 1.16 bits per heavy atom. The molecule has 0 aliphatic carbocycles. The van der Waals surface area contributed by atoms with Gasteiger partial charge < -0.3 is 8.80 Å². The molecule has 0 atom stereocenters. The van der Waals surface area contributed by atoms with Gasteiger partial charge in [0.2, 0.25) is 0 Å². The van der Waals surface area contributed by atoms with Gasteiger partial charge >= 0.3 is 0 Å². The van der Waals surface area contributed by atoms with Crippen molar-refractivity contribution in [1.82, 2.24) is 8.80 Å². The highest BCUT2D eigenvalue weighted by Crippen LogP contribution is 2.55. The second-order valence-corrected chi connectivity index (χ2v) is 17.5. The molecule has 0 amide bonds. The van der Waals surface area contributed by atoms with Crippen molar-refractivity contribution in [2.75, 3.05) is 0 Å². The Balaban J connectivity index is 1.21. The van der Waals surface area contributed by atoms with Crippen LogP contribution >= 0.6 is 0 Å². The van der Waals surface area contributed by atoms with Crippen molar-refractivity contribution >= 4 is 97.7 Å². The lowest BCUT2D eigenvalue weighted by Gasteiger charge is -2.23. The SMILES string of the molecule is c1ccc(-c2cccc(-c3ccccc3)c2-c2c3ccccc3c(-c3c4c5cccc6c7ccccc7n(c4cc4c7cccc8c9ccccc9n(c34)c87)c65)c3ccccc23)cc1. The van der Waals surface area contributed by atoms with Gasteiger partial charge in [0.15, 0.2) is 0 Å². The molecule has 2 nitrogen and oxygen atoms in total. The number of aromatic nitrogens is 2. The maximum absolute atomic E-state index is 2.60. The van der Waals surface area contributed by atoms with Gasteiger partial charge in [0.05, 0.1) is 33.1 Å². The fraction of sp³-hybridized carbons (Fsp3) is 0. The Kier molecular flexibility index (Phi) is 6.71. The van der Waals surface area contributed by atoms with Crippen LogP contribution in [0.1, 0.15) is 0 Å². The number of rotatable bonds is 4. The van der Waals surface area contributed by atoms with Crippen molar-refractivity contribution < 1.29 is 0 Å². The van der Waals surface area contributed by atoms with Crippen molar-refractivity contribution in [2.45, 2.75) is 0 Å². The van der Waals surface area contributed by atoms with Crippen LogP contribution in [0.2, 0.25) is 0 Å². The van der Waals surface area contributed by atoms with E-state index < -0.39 is 0 Å². The molecule has 0 saturated heterocycles. The van der Waals surface area contributed by atoms with E-state index in [1.807, 2.05) is 0 Å². The van der Waals surface area contributed by atoms with Gasteiger partial charge in [-0.3, -0.25) is 0 Å². The zero-order valence-electron chi connectivity index (χ0n) is 34.7. The number of hydrogen-bond donors (Lipinski definition) is 0. The van der Waals surface area contributed by atoms with E-state index in [1.165, 1.54) is 142 Å².